The lowest BCUT2D eigenvalue weighted by Gasteiger charge is -2.10. The van der Waals surface area contributed by atoms with Crippen LogP contribution in [0.15, 0.2) is 36.4 Å². The van der Waals surface area contributed by atoms with E-state index in [0.717, 1.165) is 17.7 Å². The van der Waals surface area contributed by atoms with E-state index in [0.29, 0.717) is 6.54 Å². The van der Waals surface area contributed by atoms with Gasteiger partial charge in [0.25, 0.3) is 0 Å². The van der Waals surface area contributed by atoms with Crippen molar-refractivity contribution in [1.29, 1.82) is 0 Å². The second kappa shape index (κ2) is 6.43. The van der Waals surface area contributed by atoms with Crippen LogP contribution in [0.5, 0.6) is 5.75 Å². The maximum absolute atomic E-state index is 13.7. The highest BCUT2D eigenvalue weighted by Gasteiger charge is 2.11. The van der Waals surface area contributed by atoms with E-state index in [1.54, 1.807) is 13.1 Å². The summed E-state index contributed by atoms with van der Waals surface area (Å²) in [5, 5.41) is 2.90. The lowest BCUT2D eigenvalue weighted by atomic mass is 10.2. The summed E-state index contributed by atoms with van der Waals surface area (Å²) in [6.07, 6.45) is 0. The Kier molecular flexibility index (Phi) is 4.63. The average molecular weight is 281 g/mol. The number of rotatable bonds is 5. The van der Waals surface area contributed by atoms with Crippen molar-refractivity contribution in [2.75, 3.05) is 7.05 Å². The molecule has 1 N–H and O–H groups in total. The van der Waals surface area contributed by atoms with Crippen molar-refractivity contribution in [2.24, 2.45) is 0 Å². The van der Waals surface area contributed by atoms with Gasteiger partial charge in [-0.25, -0.2) is 13.2 Å². The minimum atomic E-state index is -0.711. The molecule has 0 saturated carbocycles. The number of hydrogen-bond acceptors (Lipinski definition) is 2. The third-order valence-corrected chi connectivity index (χ3v) is 2.81. The molecule has 0 aliphatic rings. The number of benzene rings is 2. The Morgan fingerprint density at radius 1 is 1.00 bits per heavy atom. The van der Waals surface area contributed by atoms with Crippen LogP contribution in [0.3, 0.4) is 0 Å². The molecule has 106 valence electrons. The van der Waals surface area contributed by atoms with Gasteiger partial charge in [-0.15, -0.1) is 0 Å². The van der Waals surface area contributed by atoms with Gasteiger partial charge in [0.1, 0.15) is 18.2 Å². The fourth-order valence-corrected chi connectivity index (χ4v) is 1.80. The molecule has 0 radical (unpaired) electrons. The van der Waals surface area contributed by atoms with Crippen LogP contribution < -0.4 is 10.1 Å². The molecule has 0 spiro atoms. The van der Waals surface area contributed by atoms with Gasteiger partial charge in [0.2, 0.25) is 0 Å². The molecule has 20 heavy (non-hydrogen) atoms. The summed E-state index contributed by atoms with van der Waals surface area (Å²) in [5.41, 5.74) is 0.542. The van der Waals surface area contributed by atoms with E-state index < -0.39 is 17.5 Å². The molecule has 0 atom stereocenters. The Balaban J connectivity index is 2.11. The van der Waals surface area contributed by atoms with Gasteiger partial charge < -0.3 is 10.1 Å². The van der Waals surface area contributed by atoms with Gasteiger partial charge in [-0.1, -0.05) is 12.1 Å². The van der Waals surface area contributed by atoms with Gasteiger partial charge in [0.05, 0.1) is 5.56 Å². The first-order chi connectivity index (χ1) is 9.61. The zero-order chi connectivity index (χ0) is 14.5. The van der Waals surface area contributed by atoms with E-state index in [4.69, 9.17) is 4.74 Å². The molecule has 0 unspecified atom stereocenters. The number of halogens is 3. The van der Waals surface area contributed by atoms with E-state index >= 15 is 0 Å². The summed E-state index contributed by atoms with van der Waals surface area (Å²) >= 11 is 0. The Labute approximate surface area is 115 Å². The van der Waals surface area contributed by atoms with Crippen molar-refractivity contribution in [1.82, 2.24) is 5.32 Å². The Hall–Kier alpha value is -2.01. The summed E-state index contributed by atoms with van der Waals surface area (Å²) in [5.74, 6) is -2.02. The van der Waals surface area contributed by atoms with E-state index in [1.807, 2.05) is 0 Å². The van der Waals surface area contributed by atoms with Crippen LogP contribution in [0.1, 0.15) is 11.1 Å². The molecule has 0 bridgehead atoms. The van der Waals surface area contributed by atoms with Crippen molar-refractivity contribution in [3.8, 4) is 5.75 Å². The first-order valence-electron chi connectivity index (χ1n) is 6.10. The molecule has 2 rings (SSSR count). The van der Waals surface area contributed by atoms with Crippen molar-refractivity contribution in [2.45, 2.75) is 13.2 Å². The highest BCUT2D eigenvalue weighted by Crippen LogP contribution is 2.21. The van der Waals surface area contributed by atoms with E-state index in [1.165, 1.54) is 18.2 Å². The minimum absolute atomic E-state index is 0.0347. The largest absolute Gasteiger partial charge is 0.486 e. The predicted octanol–water partition coefficient (Wildman–Crippen LogP) is 3.40. The van der Waals surface area contributed by atoms with E-state index in [2.05, 4.69) is 5.32 Å². The molecular weight excluding hydrogens is 267 g/mol. The molecule has 0 saturated heterocycles. The summed E-state index contributed by atoms with van der Waals surface area (Å²) in [6, 6.07) is 7.99. The zero-order valence-corrected chi connectivity index (χ0v) is 10.9. The van der Waals surface area contributed by atoms with Crippen LogP contribution in [0.4, 0.5) is 13.2 Å². The molecule has 0 aromatic heterocycles. The average Bonchev–Trinajstić information content (AvgIpc) is 2.40. The van der Waals surface area contributed by atoms with E-state index in [9.17, 15) is 13.2 Å². The maximum Gasteiger partial charge on any atom is 0.165 e. The predicted molar refractivity (Wildman–Crippen MR) is 69.9 cm³/mol. The lowest BCUT2D eigenvalue weighted by molar-refractivity contribution is 0.278. The normalized spacial score (nSPS) is 10.6. The molecule has 2 aromatic carbocycles. The number of nitrogens with one attached hydrogen (secondary N) is 1. The van der Waals surface area contributed by atoms with Crippen LogP contribution in [0, 0.1) is 17.5 Å². The van der Waals surface area contributed by atoms with Crippen LogP contribution in [0.2, 0.25) is 0 Å². The second-order valence-electron chi connectivity index (χ2n) is 4.28. The van der Waals surface area contributed by atoms with Crippen LogP contribution in [-0.2, 0) is 13.2 Å². The fraction of sp³-hybridized carbons (Fsp3) is 0.200. The SMILES string of the molecule is CNCc1ccc(OCc2c(F)cccc2F)c(F)c1. The molecular formula is C15H14F3NO. The van der Waals surface area contributed by atoms with Crippen molar-refractivity contribution < 1.29 is 17.9 Å². The van der Waals surface area contributed by atoms with Crippen molar-refractivity contribution in [3.05, 3.63) is 65.0 Å². The van der Waals surface area contributed by atoms with Crippen molar-refractivity contribution >= 4 is 0 Å². The number of ether oxygens (including phenoxy) is 1. The summed E-state index contributed by atoms with van der Waals surface area (Å²) in [6.45, 7) is 0.167. The second-order valence-corrected chi connectivity index (χ2v) is 4.28. The highest BCUT2D eigenvalue weighted by atomic mass is 19.1. The zero-order valence-electron chi connectivity index (χ0n) is 10.9. The molecule has 2 aromatic rings. The fourth-order valence-electron chi connectivity index (χ4n) is 1.80. The molecule has 5 heteroatoms. The Morgan fingerprint density at radius 2 is 1.70 bits per heavy atom. The van der Waals surface area contributed by atoms with Gasteiger partial charge in [0, 0.05) is 6.54 Å². The first-order valence-corrected chi connectivity index (χ1v) is 6.10. The molecule has 0 heterocycles. The van der Waals surface area contributed by atoms with Gasteiger partial charge in [-0.3, -0.25) is 0 Å². The van der Waals surface area contributed by atoms with Crippen LogP contribution in [0.25, 0.3) is 0 Å². The van der Waals surface area contributed by atoms with Gasteiger partial charge in [-0.05, 0) is 36.9 Å². The highest BCUT2D eigenvalue weighted by molar-refractivity contribution is 5.30. The standard InChI is InChI=1S/C15H14F3NO/c1-19-8-10-5-6-15(14(18)7-10)20-9-11-12(16)3-2-4-13(11)17/h2-7,19H,8-9H2,1H3. The minimum Gasteiger partial charge on any atom is -0.486 e. The third kappa shape index (κ3) is 3.30. The monoisotopic (exact) mass is 281 g/mol. The number of hydrogen-bond donors (Lipinski definition) is 1. The maximum atomic E-state index is 13.7. The Morgan fingerprint density at radius 3 is 2.30 bits per heavy atom. The molecule has 0 fully saturated rings. The molecule has 0 aliphatic carbocycles. The molecule has 2 nitrogen and oxygen atoms in total. The van der Waals surface area contributed by atoms with E-state index in [-0.39, 0.29) is 17.9 Å². The van der Waals surface area contributed by atoms with Gasteiger partial charge in [0.15, 0.2) is 11.6 Å². The lowest BCUT2D eigenvalue weighted by Crippen LogP contribution is -2.06. The first kappa shape index (κ1) is 14.4. The summed E-state index contributed by atoms with van der Waals surface area (Å²) in [7, 11) is 1.75. The summed E-state index contributed by atoms with van der Waals surface area (Å²) < 4.78 is 45.7. The van der Waals surface area contributed by atoms with Crippen LogP contribution >= 0.6 is 0 Å². The quantitative estimate of drug-likeness (QED) is 0.907. The third-order valence-electron chi connectivity index (χ3n) is 2.81. The smallest absolute Gasteiger partial charge is 0.165 e. The molecule has 0 amide bonds. The Bertz CT molecular complexity index is 581. The molecule has 0 aliphatic heterocycles. The van der Waals surface area contributed by atoms with Crippen LogP contribution in [-0.4, -0.2) is 7.05 Å². The van der Waals surface area contributed by atoms with Gasteiger partial charge >= 0.3 is 0 Å². The van der Waals surface area contributed by atoms with Gasteiger partial charge in [-0.2, -0.15) is 0 Å². The van der Waals surface area contributed by atoms with Crippen molar-refractivity contribution in [3.63, 3.8) is 0 Å². The summed E-state index contributed by atoms with van der Waals surface area (Å²) in [4.78, 5) is 0. The topological polar surface area (TPSA) is 21.3 Å².